The van der Waals surface area contributed by atoms with Crippen LogP contribution in [0.1, 0.15) is 5.56 Å². The van der Waals surface area contributed by atoms with Crippen LogP contribution in [0.5, 0.6) is 0 Å². The molecule has 8 heteroatoms. The van der Waals surface area contributed by atoms with Gasteiger partial charge in [0.1, 0.15) is 15.9 Å². The number of aromatic nitrogens is 2. The van der Waals surface area contributed by atoms with Gasteiger partial charge in [0.15, 0.2) is 0 Å². The smallest absolute Gasteiger partial charge is 0.264 e. The molecule has 0 saturated heterocycles. The van der Waals surface area contributed by atoms with Gasteiger partial charge in [0.05, 0.1) is 11.7 Å². The van der Waals surface area contributed by atoms with Crippen LogP contribution in [0.3, 0.4) is 0 Å². The lowest BCUT2D eigenvalue weighted by molar-refractivity contribution is 0.602. The van der Waals surface area contributed by atoms with Crippen molar-refractivity contribution in [1.82, 2.24) is 8.75 Å². The van der Waals surface area contributed by atoms with E-state index >= 15 is 0 Å². The summed E-state index contributed by atoms with van der Waals surface area (Å²) in [5, 5.41) is 0. The molecule has 0 unspecified atom stereocenters. The molecule has 108 valence electrons. The van der Waals surface area contributed by atoms with Crippen LogP contribution < -0.4 is 4.72 Å². The Balaban J connectivity index is 2.04. The van der Waals surface area contributed by atoms with Gasteiger partial charge in [-0.25, -0.2) is 8.42 Å². The van der Waals surface area contributed by atoms with Gasteiger partial charge >= 0.3 is 0 Å². The summed E-state index contributed by atoms with van der Waals surface area (Å²) in [6, 6.07) is 10.2. The summed E-state index contributed by atoms with van der Waals surface area (Å²) < 4.78 is 36.7. The van der Waals surface area contributed by atoms with Crippen LogP contribution in [-0.4, -0.2) is 17.2 Å². The lowest BCUT2D eigenvalue weighted by Crippen LogP contribution is -2.13. The van der Waals surface area contributed by atoms with Crippen molar-refractivity contribution in [2.75, 3.05) is 4.72 Å². The fourth-order valence-corrected chi connectivity index (χ4v) is 3.98. The van der Waals surface area contributed by atoms with Crippen LogP contribution in [0.4, 0.5) is 5.69 Å². The number of sulfonamides is 1. The fraction of sp³-hybridized carbons (Fsp3) is 0.0769. The maximum atomic E-state index is 12.5. The predicted molar refractivity (Wildman–Crippen MR) is 87.1 cm³/mol. The topological polar surface area (TPSA) is 72.0 Å². The van der Waals surface area contributed by atoms with Crippen molar-refractivity contribution < 1.29 is 8.42 Å². The van der Waals surface area contributed by atoms with Crippen molar-refractivity contribution in [1.29, 1.82) is 0 Å². The monoisotopic (exact) mass is 383 g/mol. The first kappa shape index (κ1) is 14.4. The summed E-state index contributed by atoms with van der Waals surface area (Å²) in [5.74, 6) is 0. The lowest BCUT2D eigenvalue weighted by atomic mass is 10.2. The predicted octanol–water partition coefficient (Wildman–Crippen LogP) is 3.56. The van der Waals surface area contributed by atoms with Crippen molar-refractivity contribution in [2.24, 2.45) is 0 Å². The molecule has 21 heavy (non-hydrogen) atoms. The molecule has 0 aliphatic rings. The Morgan fingerprint density at radius 1 is 1.19 bits per heavy atom. The van der Waals surface area contributed by atoms with Gasteiger partial charge in [-0.2, -0.15) is 8.75 Å². The summed E-state index contributed by atoms with van der Waals surface area (Å²) in [5.41, 5.74) is 2.43. The zero-order valence-electron chi connectivity index (χ0n) is 10.9. The van der Waals surface area contributed by atoms with Gasteiger partial charge in [-0.3, -0.25) is 4.72 Å². The van der Waals surface area contributed by atoms with Crippen molar-refractivity contribution >= 4 is 54.4 Å². The van der Waals surface area contributed by atoms with E-state index in [9.17, 15) is 8.42 Å². The number of nitrogens with one attached hydrogen (secondary N) is 1. The molecule has 0 fully saturated rings. The summed E-state index contributed by atoms with van der Waals surface area (Å²) >= 11 is 4.38. The molecule has 0 bridgehead atoms. The van der Waals surface area contributed by atoms with E-state index in [1.54, 1.807) is 30.3 Å². The summed E-state index contributed by atoms with van der Waals surface area (Å²) in [7, 11) is -3.70. The van der Waals surface area contributed by atoms with Crippen LogP contribution in [0.15, 0.2) is 45.8 Å². The molecular formula is C13H10BrN3O2S2. The highest BCUT2D eigenvalue weighted by atomic mass is 79.9. The standard InChI is InChI=1S/C13H10BrN3O2S2/c1-8-7-9(5-6-10(8)14)17-21(18,19)12-4-2-3-11-13(12)16-20-15-11/h2-7,17H,1H3. The molecule has 5 nitrogen and oxygen atoms in total. The van der Waals surface area contributed by atoms with Gasteiger partial charge in [-0.15, -0.1) is 0 Å². The minimum absolute atomic E-state index is 0.134. The van der Waals surface area contributed by atoms with E-state index in [0.29, 0.717) is 16.7 Å². The van der Waals surface area contributed by atoms with Crippen molar-refractivity contribution in [3.8, 4) is 0 Å². The second kappa shape index (κ2) is 5.36. The van der Waals surface area contributed by atoms with Crippen LogP contribution >= 0.6 is 27.7 Å². The van der Waals surface area contributed by atoms with E-state index < -0.39 is 10.0 Å². The summed E-state index contributed by atoms with van der Waals surface area (Å²) in [6.45, 7) is 1.90. The average molecular weight is 384 g/mol. The Morgan fingerprint density at radius 3 is 2.76 bits per heavy atom. The Kier molecular flexibility index (Phi) is 3.68. The molecule has 3 rings (SSSR count). The van der Waals surface area contributed by atoms with Gasteiger partial charge in [-0.05, 0) is 42.8 Å². The minimum Gasteiger partial charge on any atom is -0.280 e. The molecule has 3 aromatic rings. The van der Waals surface area contributed by atoms with Crippen LogP contribution in [0.2, 0.25) is 0 Å². The maximum Gasteiger partial charge on any atom is 0.264 e. The third kappa shape index (κ3) is 2.78. The second-order valence-corrected chi connectivity index (χ2v) is 7.49. The average Bonchev–Trinajstić information content (AvgIpc) is 2.90. The number of aryl methyl sites for hydroxylation is 1. The number of benzene rings is 2. The molecule has 1 heterocycles. The normalized spacial score (nSPS) is 11.7. The fourth-order valence-electron chi connectivity index (χ4n) is 1.92. The molecule has 0 radical (unpaired) electrons. The number of anilines is 1. The zero-order chi connectivity index (χ0) is 15.0. The molecule has 2 aromatic carbocycles. The molecule has 0 saturated carbocycles. The van der Waals surface area contributed by atoms with Gasteiger partial charge in [0, 0.05) is 10.2 Å². The minimum atomic E-state index is -3.70. The molecule has 1 aromatic heterocycles. The Morgan fingerprint density at radius 2 is 2.00 bits per heavy atom. The number of rotatable bonds is 3. The largest absolute Gasteiger partial charge is 0.280 e. The number of hydrogen-bond acceptors (Lipinski definition) is 5. The highest BCUT2D eigenvalue weighted by molar-refractivity contribution is 9.10. The van der Waals surface area contributed by atoms with Gasteiger partial charge in [-0.1, -0.05) is 22.0 Å². The first-order valence-corrected chi connectivity index (χ1v) is 8.98. The zero-order valence-corrected chi connectivity index (χ0v) is 14.1. The first-order valence-electron chi connectivity index (χ1n) is 5.97. The van der Waals surface area contributed by atoms with E-state index in [2.05, 4.69) is 29.4 Å². The van der Waals surface area contributed by atoms with Crippen molar-refractivity contribution in [2.45, 2.75) is 11.8 Å². The molecule has 0 spiro atoms. The number of nitrogens with zero attached hydrogens (tertiary/aromatic N) is 2. The number of hydrogen-bond donors (Lipinski definition) is 1. The van der Waals surface area contributed by atoms with Crippen LogP contribution in [0, 0.1) is 6.92 Å². The van der Waals surface area contributed by atoms with Gasteiger partial charge in [0.25, 0.3) is 10.0 Å². The van der Waals surface area contributed by atoms with Crippen LogP contribution in [0.25, 0.3) is 11.0 Å². The molecule has 0 aliphatic heterocycles. The lowest BCUT2D eigenvalue weighted by Gasteiger charge is -2.09. The Bertz CT molecular complexity index is 922. The quantitative estimate of drug-likeness (QED) is 0.750. The molecule has 0 atom stereocenters. The Hall–Kier alpha value is -1.51. The summed E-state index contributed by atoms with van der Waals surface area (Å²) in [6.07, 6.45) is 0. The Labute approximate surface area is 134 Å². The van der Waals surface area contributed by atoms with E-state index in [-0.39, 0.29) is 4.90 Å². The van der Waals surface area contributed by atoms with Crippen molar-refractivity contribution in [3.05, 3.63) is 46.4 Å². The highest BCUT2D eigenvalue weighted by Crippen LogP contribution is 2.25. The molecule has 0 aliphatic carbocycles. The molecule has 0 amide bonds. The molecule has 1 N–H and O–H groups in total. The molecular weight excluding hydrogens is 374 g/mol. The van der Waals surface area contributed by atoms with Gasteiger partial charge in [0.2, 0.25) is 0 Å². The third-order valence-corrected chi connectivity index (χ3v) is 5.79. The van der Waals surface area contributed by atoms with E-state index in [1.165, 1.54) is 6.07 Å². The van der Waals surface area contributed by atoms with Crippen molar-refractivity contribution in [3.63, 3.8) is 0 Å². The van der Waals surface area contributed by atoms with Crippen LogP contribution in [-0.2, 0) is 10.0 Å². The van der Waals surface area contributed by atoms with E-state index in [4.69, 9.17) is 0 Å². The number of halogens is 1. The number of fused-ring (bicyclic) bond motifs is 1. The maximum absolute atomic E-state index is 12.5. The van der Waals surface area contributed by atoms with Gasteiger partial charge < -0.3 is 0 Å². The SMILES string of the molecule is Cc1cc(NS(=O)(=O)c2cccc3nsnc23)ccc1Br. The summed E-state index contributed by atoms with van der Waals surface area (Å²) in [4.78, 5) is 0.134. The highest BCUT2D eigenvalue weighted by Gasteiger charge is 2.19. The van der Waals surface area contributed by atoms with E-state index in [1.807, 2.05) is 6.92 Å². The first-order chi connectivity index (χ1) is 9.97. The third-order valence-electron chi connectivity index (χ3n) is 2.95. The second-order valence-electron chi connectivity index (χ2n) is 4.46. The van der Waals surface area contributed by atoms with E-state index in [0.717, 1.165) is 21.8 Å².